The summed E-state index contributed by atoms with van der Waals surface area (Å²) in [6.45, 7) is 10.7. The summed E-state index contributed by atoms with van der Waals surface area (Å²) in [7, 11) is -3.67. The Kier molecular flexibility index (Phi) is 7.68. The highest BCUT2D eigenvalue weighted by molar-refractivity contribution is 7.89. The minimum atomic E-state index is -3.67. The molecule has 0 radical (unpaired) electrons. The molecule has 1 fully saturated rings. The van der Waals surface area contributed by atoms with Crippen LogP contribution in [0.25, 0.3) is 0 Å². The molecule has 1 aliphatic rings. The number of sulfonamides is 1. The molecule has 0 atom stereocenters. The maximum absolute atomic E-state index is 12.8. The van der Waals surface area contributed by atoms with Gasteiger partial charge in [-0.3, -0.25) is 9.69 Å². The number of halogens is 1. The van der Waals surface area contributed by atoms with Gasteiger partial charge in [0.05, 0.1) is 5.02 Å². The lowest BCUT2D eigenvalue weighted by atomic mass is 10.2. The molecule has 27 heavy (non-hydrogen) atoms. The molecule has 6 nitrogen and oxygen atoms in total. The number of rotatable bonds is 8. The lowest BCUT2D eigenvalue weighted by Crippen LogP contribution is -2.42. The summed E-state index contributed by atoms with van der Waals surface area (Å²) in [5.41, 5.74) is 0.304. The number of nitrogens with zero attached hydrogens (tertiary/aromatic N) is 2. The summed E-state index contributed by atoms with van der Waals surface area (Å²) in [6.07, 6.45) is 1.69. The first-order valence-corrected chi connectivity index (χ1v) is 11.3. The van der Waals surface area contributed by atoms with Crippen molar-refractivity contribution in [1.29, 1.82) is 0 Å². The second-order valence-corrected chi connectivity index (χ2v) is 9.75. The zero-order valence-corrected chi connectivity index (χ0v) is 18.1. The summed E-state index contributed by atoms with van der Waals surface area (Å²) >= 11 is 6.14. The molecule has 0 spiro atoms. The quantitative estimate of drug-likeness (QED) is 0.708. The number of amides is 1. The Balaban J connectivity index is 2.09. The molecule has 1 aliphatic heterocycles. The van der Waals surface area contributed by atoms with Crippen LogP contribution in [-0.2, 0) is 10.0 Å². The monoisotopic (exact) mass is 415 g/mol. The van der Waals surface area contributed by atoms with E-state index in [9.17, 15) is 13.2 Å². The molecule has 1 heterocycles. The number of hydrogen-bond donors (Lipinski definition) is 1. The topological polar surface area (TPSA) is 69.7 Å². The lowest BCUT2D eigenvalue weighted by Gasteiger charge is -2.30. The van der Waals surface area contributed by atoms with Gasteiger partial charge in [-0.1, -0.05) is 11.6 Å². The van der Waals surface area contributed by atoms with Crippen LogP contribution in [0.15, 0.2) is 23.1 Å². The summed E-state index contributed by atoms with van der Waals surface area (Å²) in [4.78, 5) is 14.8. The third-order valence-electron chi connectivity index (χ3n) is 4.86. The third kappa shape index (κ3) is 5.44. The highest BCUT2D eigenvalue weighted by Crippen LogP contribution is 2.28. The van der Waals surface area contributed by atoms with Gasteiger partial charge in [0.25, 0.3) is 5.91 Å². The first-order chi connectivity index (χ1) is 12.6. The molecule has 8 heteroatoms. The second-order valence-electron chi connectivity index (χ2n) is 7.44. The molecular weight excluding hydrogens is 386 g/mol. The van der Waals surface area contributed by atoms with Gasteiger partial charge in [-0.15, -0.1) is 0 Å². The van der Waals surface area contributed by atoms with Crippen molar-refractivity contribution < 1.29 is 13.2 Å². The Bertz CT molecular complexity index is 751. The summed E-state index contributed by atoms with van der Waals surface area (Å²) < 4.78 is 27.0. The number of carbonyl (C=O) groups is 1. The summed E-state index contributed by atoms with van der Waals surface area (Å²) in [6, 6.07) is 5.19. The van der Waals surface area contributed by atoms with Gasteiger partial charge < -0.3 is 5.32 Å². The van der Waals surface area contributed by atoms with Crippen molar-refractivity contribution in [2.45, 2.75) is 57.5 Å². The number of carbonyl (C=O) groups excluding carboxylic acids is 1. The Morgan fingerprint density at radius 3 is 2.33 bits per heavy atom. The van der Waals surface area contributed by atoms with E-state index in [-0.39, 0.29) is 15.8 Å². The minimum Gasteiger partial charge on any atom is -0.351 e. The molecule has 2 rings (SSSR count). The van der Waals surface area contributed by atoms with Crippen LogP contribution >= 0.6 is 11.6 Å². The summed E-state index contributed by atoms with van der Waals surface area (Å²) in [5, 5.41) is 3.02. The molecule has 0 bridgehead atoms. The zero-order valence-electron chi connectivity index (χ0n) is 16.5. The van der Waals surface area contributed by atoms with E-state index in [1.807, 2.05) is 0 Å². The van der Waals surface area contributed by atoms with Gasteiger partial charge >= 0.3 is 0 Å². The smallest absolute Gasteiger partial charge is 0.251 e. The molecule has 1 aromatic carbocycles. The Labute approximate surface area is 167 Å². The number of nitrogens with one attached hydrogen (secondary N) is 1. The zero-order chi connectivity index (χ0) is 20.2. The van der Waals surface area contributed by atoms with Crippen LogP contribution in [0.1, 0.15) is 50.9 Å². The van der Waals surface area contributed by atoms with E-state index < -0.39 is 10.0 Å². The lowest BCUT2D eigenvalue weighted by molar-refractivity contribution is 0.0939. The van der Waals surface area contributed by atoms with Gasteiger partial charge in [-0.2, -0.15) is 4.31 Å². The Morgan fingerprint density at radius 2 is 1.78 bits per heavy atom. The number of benzene rings is 1. The highest BCUT2D eigenvalue weighted by Gasteiger charge is 2.29. The van der Waals surface area contributed by atoms with Crippen molar-refractivity contribution in [3.8, 4) is 0 Å². The van der Waals surface area contributed by atoms with Crippen molar-refractivity contribution >= 4 is 27.5 Å². The molecular formula is C19H30ClN3O3S. The van der Waals surface area contributed by atoms with E-state index in [0.717, 1.165) is 19.4 Å². The van der Waals surface area contributed by atoms with Crippen LogP contribution in [-0.4, -0.2) is 61.8 Å². The van der Waals surface area contributed by atoms with Crippen molar-refractivity contribution in [1.82, 2.24) is 14.5 Å². The fraction of sp³-hybridized carbons (Fsp3) is 0.632. The Hall–Kier alpha value is -1.15. The van der Waals surface area contributed by atoms with Crippen molar-refractivity contribution in [2.24, 2.45) is 0 Å². The predicted octanol–water partition coefficient (Wildman–Crippen LogP) is 2.97. The normalized spacial score (nSPS) is 15.9. The molecule has 1 saturated heterocycles. The molecule has 0 aromatic heterocycles. The van der Waals surface area contributed by atoms with E-state index in [0.29, 0.717) is 37.3 Å². The van der Waals surface area contributed by atoms with Crippen molar-refractivity contribution in [3.05, 3.63) is 28.8 Å². The van der Waals surface area contributed by atoms with Crippen molar-refractivity contribution in [2.75, 3.05) is 26.2 Å². The molecule has 152 valence electrons. The largest absolute Gasteiger partial charge is 0.351 e. The standard InChI is InChI=1S/C19H30ClN3O3S/c1-14(2)23(15(3)4)12-9-21-19(24)16-7-8-17(20)18(13-16)27(25,26)22-10-5-6-11-22/h7-8,13-15H,5-6,9-12H2,1-4H3,(H,21,24). The van der Waals surface area contributed by atoms with Crippen molar-refractivity contribution in [3.63, 3.8) is 0 Å². The first-order valence-electron chi connectivity index (χ1n) is 9.48. The van der Waals surface area contributed by atoms with Gasteiger partial charge in [-0.05, 0) is 58.7 Å². The van der Waals surface area contributed by atoms with Crippen LogP contribution in [0, 0.1) is 0 Å². The van der Waals surface area contributed by atoms with Gasteiger partial charge in [-0.25, -0.2) is 8.42 Å². The molecule has 0 unspecified atom stereocenters. The van der Waals surface area contributed by atoms with Gasteiger partial charge in [0, 0.05) is 43.8 Å². The molecule has 1 amide bonds. The van der Waals surface area contributed by atoms with Gasteiger partial charge in [0.2, 0.25) is 10.0 Å². The van der Waals surface area contributed by atoms with E-state index in [1.165, 1.54) is 16.4 Å². The van der Waals surface area contributed by atoms with Crippen LogP contribution in [0.4, 0.5) is 0 Å². The van der Waals surface area contributed by atoms with E-state index in [2.05, 4.69) is 37.9 Å². The SMILES string of the molecule is CC(C)N(CCNC(=O)c1ccc(Cl)c(S(=O)(=O)N2CCCC2)c1)C(C)C. The molecule has 0 aliphatic carbocycles. The summed E-state index contributed by atoms with van der Waals surface area (Å²) in [5.74, 6) is -0.294. The average Bonchev–Trinajstić information content (AvgIpc) is 3.13. The van der Waals surface area contributed by atoms with E-state index in [4.69, 9.17) is 11.6 Å². The van der Waals surface area contributed by atoms with Crippen LogP contribution in [0.3, 0.4) is 0 Å². The van der Waals surface area contributed by atoms with E-state index >= 15 is 0 Å². The van der Waals surface area contributed by atoms with E-state index in [1.54, 1.807) is 6.07 Å². The minimum absolute atomic E-state index is 0.00436. The molecule has 0 saturated carbocycles. The Morgan fingerprint density at radius 1 is 1.19 bits per heavy atom. The first kappa shape index (κ1) is 22.1. The van der Waals surface area contributed by atoms with Crippen LogP contribution in [0.2, 0.25) is 5.02 Å². The second kappa shape index (κ2) is 9.37. The molecule has 1 N–H and O–H groups in total. The van der Waals surface area contributed by atoms with Gasteiger partial charge in [0.15, 0.2) is 0 Å². The van der Waals surface area contributed by atoms with Crippen LogP contribution in [0.5, 0.6) is 0 Å². The fourth-order valence-electron chi connectivity index (χ4n) is 3.42. The maximum atomic E-state index is 12.8. The highest BCUT2D eigenvalue weighted by atomic mass is 35.5. The average molecular weight is 416 g/mol. The molecule has 1 aromatic rings. The predicted molar refractivity (Wildman–Crippen MR) is 109 cm³/mol. The number of hydrogen-bond acceptors (Lipinski definition) is 4. The van der Waals surface area contributed by atoms with Gasteiger partial charge in [0.1, 0.15) is 4.90 Å². The van der Waals surface area contributed by atoms with Crippen LogP contribution < -0.4 is 5.32 Å². The maximum Gasteiger partial charge on any atom is 0.251 e. The fourth-order valence-corrected chi connectivity index (χ4v) is 5.44. The third-order valence-corrected chi connectivity index (χ3v) is 7.24.